The average molecular weight is 386 g/mol. The van der Waals surface area contributed by atoms with Crippen LogP contribution in [0.4, 0.5) is 5.69 Å². The molecule has 1 aromatic heterocycles. The van der Waals surface area contributed by atoms with Crippen molar-refractivity contribution in [3.05, 3.63) is 85.2 Å². The van der Waals surface area contributed by atoms with Gasteiger partial charge in [-0.15, -0.1) is 0 Å². The van der Waals surface area contributed by atoms with E-state index < -0.39 is 0 Å². The van der Waals surface area contributed by atoms with Crippen molar-refractivity contribution >= 4 is 5.69 Å². The largest absolute Gasteiger partial charge is 0.354 e. The van der Waals surface area contributed by atoms with Gasteiger partial charge >= 0.3 is 0 Å². The first-order valence-electron chi connectivity index (χ1n) is 10.3. The van der Waals surface area contributed by atoms with E-state index in [1.54, 1.807) is 0 Å². The van der Waals surface area contributed by atoms with E-state index in [4.69, 9.17) is 0 Å². The van der Waals surface area contributed by atoms with Crippen LogP contribution < -0.4 is 4.90 Å². The second-order valence-electron chi connectivity index (χ2n) is 8.04. The van der Waals surface area contributed by atoms with Gasteiger partial charge in [-0.25, -0.2) is 4.98 Å². The first-order valence-corrected chi connectivity index (χ1v) is 10.3. The number of hydrogen-bond donors (Lipinski definition) is 0. The molecule has 2 aliphatic rings. The number of imidazole rings is 1. The molecule has 0 radical (unpaired) electrons. The van der Waals surface area contributed by atoms with Crippen LogP contribution in [0.5, 0.6) is 0 Å². The van der Waals surface area contributed by atoms with E-state index >= 15 is 0 Å². The molecule has 3 heterocycles. The van der Waals surface area contributed by atoms with E-state index in [9.17, 15) is 0 Å². The van der Waals surface area contributed by atoms with E-state index in [1.165, 1.54) is 23.2 Å². The molecule has 1 atom stereocenters. The topological polar surface area (TPSA) is 27.5 Å². The second-order valence-corrected chi connectivity index (χ2v) is 8.04. The third-order valence-electron chi connectivity index (χ3n) is 5.92. The van der Waals surface area contributed by atoms with Gasteiger partial charge in [-0.2, -0.15) is 0 Å². The van der Waals surface area contributed by atoms with Gasteiger partial charge < -0.3 is 14.4 Å². The van der Waals surface area contributed by atoms with Crippen molar-refractivity contribution in [3.63, 3.8) is 0 Å². The lowest BCUT2D eigenvalue weighted by Gasteiger charge is -2.27. The van der Waals surface area contributed by atoms with Crippen molar-refractivity contribution in [1.82, 2.24) is 19.4 Å². The minimum absolute atomic E-state index is 0.573. The van der Waals surface area contributed by atoms with E-state index in [1.807, 2.05) is 17.9 Å². The molecule has 1 fully saturated rings. The summed E-state index contributed by atoms with van der Waals surface area (Å²) in [7, 11) is 2.03. The maximum atomic E-state index is 4.47. The van der Waals surface area contributed by atoms with Crippen LogP contribution in [0.1, 0.15) is 12.1 Å². The van der Waals surface area contributed by atoms with Gasteiger partial charge in [0, 0.05) is 57.0 Å². The molecule has 5 heteroatoms. The standard InChI is InChI=1S/C24H27N5/c1-26-15-22(25-18-26)16-27-12-11-24(17-27)29-14-13-28(19-29)23-9-7-21(8-10-23)20-5-3-2-4-6-20/h2-10,13-15,18,24H,11-12,16-17,19H2,1H3/t24-/m0/s1. The number of anilines is 1. The number of nitrogens with zero attached hydrogens (tertiary/aromatic N) is 5. The molecule has 1 saturated heterocycles. The lowest BCUT2D eigenvalue weighted by atomic mass is 10.1. The van der Waals surface area contributed by atoms with Gasteiger partial charge in [-0.3, -0.25) is 4.90 Å². The Bertz CT molecular complexity index is 976. The maximum Gasteiger partial charge on any atom is 0.0947 e. The fraction of sp³-hybridized carbons (Fsp3) is 0.292. The Kier molecular flexibility index (Phi) is 4.82. The average Bonchev–Trinajstić information content (AvgIpc) is 3.50. The number of hydrogen-bond acceptors (Lipinski definition) is 4. The van der Waals surface area contributed by atoms with Gasteiger partial charge in [0.05, 0.1) is 18.7 Å². The van der Waals surface area contributed by atoms with Crippen molar-refractivity contribution in [2.75, 3.05) is 24.7 Å². The summed E-state index contributed by atoms with van der Waals surface area (Å²) in [5.41, 5.74) is 4.92. The smallest absolute Gasteiger partial charge is 0.0947 e. The summed E-state index contributed by atoms with van der Waals surface area (Å²) in [5, 5.41) is 0. The maximum absolute atomic E-state index is 4.47. The first kappa shape index (κ1) is 18.0. The van der Waals surface area contributed by atoms with Crippen LogP contribution in [0.2, 0.25) is 0 Å². The summed E-state index contributed by atoms with van der Waals surface area (Å²) in [6.45, 7) is 4.10. The van der Waals surface area contributed by atoms with Crippen LogP contribution >= 0.6 is 0 Å². The highest BCUT2D eigenvalue weighted by Gasteiger charge is 2.29. The van der Waals surface area contributed by atoms with Gasteiger partial charge in [0.1, 0.15) is 0 Å². The molecule has 0 spiro atoms. The van der Waals surface area contributed by atoms with Gasteiger partial charge in [-0.05, 0) is 29.7 Å². The van der Waals surface area contributed by atoms with Gasteiger partial charge in [-0.1, -0.05) is 42.5 Å². The molecular weight excluding hydrogens is 358 g/mol. The highest BCUT2D eigenvalue weighted by atomic mass is 15.4. The van der Waals surface area contributed by atoms with Crippen molar-refractivity contribution in [1.29, 1.82) is 0 Å². The van der Waals surface area contributed by atoms with Crippen molar-refractivity contribution in [2.45, 2.75) is 19.0 Å². The van der Waals surface area contributed by atoms with E-state index in [0.29, 0.717) is 6.04 Å². The molecule has 0 saturated carbocycles. The number of rotatable bonds is 5. The quantitative estimate of drug-likeness (QED) is 0.666. The zero-order chi connectivity index (χ0) is 19.6. The van der Waals surface area contributed by atoms with Crippen LogP contribution in [0.15, 0.2) is 79.5 Å². The van der Waals surface area contributed by atoms with Crippen molar-refractivity contribution in [3.8, 4) is 11.1 Å². The zero-order valence-electron chi connectivity index (χ0n) is 16.9. The SMILES string of the molecule is Cn1cnc(CN2CC[C@H](N3C=CN(c4ccc(-c5ccccc5)cc4)C3)C2)c1. The minimum atomic E-state index is 0.573. The van der Waals surface area contributed by atoms with Crippen LogP contribution in [-0.4, -0.2) is 45.2 Å². The molecule has 3 aromatic rings. The van der Waals surface area contributed by atoms with Crippen molar-refractivity contribution in [2.24, 2.45) is 7.05 Å². The summed E-state index contributed by atoms with van der Waals surface area (Å²) in [6.07, 6.45) is 9.66. The van der Waals surface area contributed by atoms with Crippen LogP contribution in [0, 0.1) is 0 Å². The molecule has 0 bridgehead atoms. The normalized spacial score (nSPS) is 19.4. The third-order valence-corrected chi connectivity index (χ3v) is 5.92. The predicted molar refractivity (Wildman–Crippen MR) is 117 cm³/mol. The monoisotopic (exact) mass is 385 g/mol. The molecular formula is C24H27N5. The molecule has 0 amide bonds. The van der Waals surface area contributed by atoms with Crippen LogP contribution in [0.3, 0.4) is 0 Å². The highest BCUT2D eigenvalue weighted by Crippen LogP contribution is 2.27. The Morgan fingerprint density at radius 3 is 2.52 bits per heavy atom. The first-order chi connectivity index (χ1) is 14.2. The molecule has 5 nitrogen and oxygen atoms in total. The Morgan fingerprint density at radius 2 is 1.76 bits per heavy atom. The van der Waals surface area contributed by atoms with Crippen molar-refractivity contribution < 1.29 is 0 Å². The molecule has 2 aromatic carbocycles. The molecule has 0 N–H and O–H groups in total. The van der Waals surface area contributed by atoms with E-state index in [2.05, 4.69) is 92.9 Å². The molecule has 2 aliphatic heterocycles. The third kappa shape index (κ3) is 3.91. The lowest BCUT2D eigenvalue weighted by molar-refractivity contribution is 0.265. The Labute approximate surface area is 172 Å². The van der Waals surface area contributed by atoms with Gasteiger partial charge in [0.25, 0.3) is 0 Å². The Hall–Kier alpha value is -3.05. The summed E-state index contributed by atoms with van der Waals surface area (Å²) < 4.78 is 2.02. The molecule has 148 valence electrons. The number of aryl methyl sites for hydroxylation is 1. The summed E-state index contributed by atoms with van der Waals surface area (Å²) in [5.74, 6) is 0. The number of likely N-dealkylation sites (tertiary alicyclic amines) is 1. The van der Waals surface area contributed by atoms with Gasteiger partial charge in [0.15, 0.2) is 0 Å². The lowest BCUT2D eigenvalue weighted by Crippen LogP contribution is -2.36. The van der Waals surface area contributed by atoms with Crippen LogP contribution in [0.25, 0.3) is 11.1 Å². The molecule has 29 heavy (non-hydrogen) atoms. The fourth-order valence-electron chi connectivity index (χ4n) is 4.32. The molecule has 0 unspecified atom stereocenters. The number of benzene rings is 2. The number of aromatic nitrogens is 2. The fourth-order valence-corrected chi connectivity index (χ4v) is 4.32. The van der Waals surface area contributed by atoms with Crippen LogP contribution in [-0.2, 0) is 13.6 Å². The minimum Gasteiger partial charge on any atom is -0.354 e. The van der Waals surface area contributed by atoms with Gasteiger partial charge in [0.2, 0.25) is 0 Å². The highest BCUT2D eigenvalue weighted by molar-refractivity contribution is 5.66. The second kappa shape index (κ2) is 7.76. The van der Waals surface area contributed by atoms with E-state index in [0.717, 1.165) is 32.0 Å². The Balaban J connectivity index is 1.18. The summed E-state index contributed by atoms with van der Waals surface area (Å²) >= 11 is 0. The summed E-state index contributed by atoms with van der Waals surface area (Å²) in [6, 6.07) is 20.0. The Morgan fingerprint density at radius 1 is 0.966 bits per heavy atom. The van der Waals surface area contributed by atoms with E-state index in [-0.39, 0.29) is 0 Å². The summed E-state index contributed by atoms with van der Waals surface area (Å²) in [4.78, 5) is 11.8. The molecule has 5 rings (SSSR count). The zero-order valence-corrected chi connectivity index (χ0v) is 16.9. The molecule has 0 aliphatic carbocycles. The predicted octanol–water partition coefficient (Wildman–Crippen LogP) is 3.91.